The molecule has 6 nitrogen and oxygen atoms in total. The molecule has 0 bridgehead atoms. The molecule has 2 N–H and O–H groups in total. The van der Waals surface area contributed by atoms with Gasteiger partial charge in [0.25, 0.3) is 0 Å². The molecule has 1 aliphatic heterocycles. The van der Waals surface area contributed by atoms with Gasteiger partial charge in [0.15, 0.2) is 0 Å². The van der Waals surface area contributed by atoms with E-state index in [-0.39, 0.29) is 16.2 Å². The summed E-state index contributed by atoms with van der Waals surface area (Å²) in [5, 5.41) is 5.07. The number of carbonyl (C=O) groups excluding carboxylic acids is 1. The number of thioether (sulfide) groups is 1. The SMILES string of the molecule is COc1cccc(C2SCC(=O)N2CCc2ccc(S(N)(=O)=O)cc2)c1. The average Bonchev–Trinajstić information content (AvgIpc) is 3.00. The number of benzene rings is 2. The summed E-state index contributed by atoms with van der Waals surface area (Å²) in [5.41, 5.74) is 1.98. The number of amides is 1. The quantitative estimate of drug-likeness (QED) is 0.814. The fourth-order valence-electron chi connectivity index (χ4n) is 2.86. The Balaban J connectivity index is 1.71. The second-order valence-corrected chi connectivity index (χ2v) is 8.60. The Morgan fingerprint density at radius 3 is 2.62 bits per heavy atom. The van der Waals surface area contributed by atoms with E-state index in [2.05, 4.69) is 0 Å². The molecule has 1 amide bonds. The van der Waals surface area contributed by atoms with Crippen LogP contribution in [-0.2, 0) is 21.2 Å². The maximum Gasteiger partial charge on any atom is 0.238 e. The molecule has 1 saturated heterocycles. The minimum atomic E-state index is -3.69. The molecule has 0 radical (unpaired) electrons. The summed E-state index contributed by atoms with van der Waals surface area (Å²) in [6, 6.07) is 14.2. The lowest BCUT2D eigenvalue weighted by Crippen LogP contribution is -2.30. The predicted octanol–water partition coefficient (Wildman–Crippen LogP) is 2.16. The number of primary sulfonamides is 1. The summed E-state index contributed by atoms with van der Waals surface area (Å²) in [5.74, 6) is 1.32. The second-order valence-electron chi connectivity index (χ2n) is 5.97. The summed E-state index contributed by atoms with van der Waals surface area (Å²) < 4.78 is 27.9. The van der Waals surface area contributed by atoms with Crippen molar-refractivity contribution in [3.05, 3.63) is 59.7 Å². The number of hydrogen-bond donors (Lipinski definition) is 1. The summed E-state index contributed by atoms with van der Waals surface area (Å²) in [7, 11) is -2.07. The molecule has 1 heterocycles. The Morgan fingerprint density at radius 2 is 1.96 bits per heavy atom. The van der Waals surface area contributed by atoms with Gasteiger partial charge in [-0.2, -0.15) is 0 Å². The lowest BCUT2D eigenvalue weighted by Gasteiger charge is -2.24. The molecule has 3 rings (SSSR count). The molecule has 2 aromatic rings. The highest BCUT2D eigenvalue weighted by atomic mass is 32.2. The Bertz CT molecular complexity index is 898. The van der Waals surface area contributed by atoms with Crippen molar-refractivity contribution in [1.29, 1.82) is 0 Å². The normalized spacial score (nSPS) is 17.5. The Morgan fingerprint density at radius 1 is 1.23 bits per heavy atom. The molecule has 1 unspecified atom stereocenters. The van der Waals surface area contributed by atoms with Gasteiger partial charge in [0, 0.05) is 6.54 Å². The highest BCUT2D eigenvalue weighted by molar-refractivity contribution is 8.00. The van der Waals surface area contributed by atoms with Crippen LogP contribution in [0.3, 0.4) is 0 Å². The van der Waals surface area contributed by atoms with Gasteiger partial charge in [-0.15, -0.1) is 11.8 Å². The van der Waals surface area contributed by atoms with Crippen LogP contribution in [0.25, 0.3) is 0 Å². The van der Waals surface area contributed by atoms with Crippen molar-refractivity contribution in [1.82, 2.24) is 4.90 Å². The molecule has 0 spiro atoms. The first-order valence-corrected chi connectivity index (χ1v) is 10.6. The van der Waals surface area contributed by atoms with E-state index < -0.39 is 10.0 Å². The Labute approximate surface area is 157 Å². The molecule has 2 aromatic carbocycles. The number of ether oxygens (including phenoxy) is 1. The van der Waals surface area contributed by atoms with Gasteiger partial charge in [-0.3, -0.25) is 4.79 Å². The highest BCUT2D eigenvalue weighted by Crippen LogP contribution is 2.39. The fourth-order valence-corrected chi connectivity index (χ4v) is 4.59. The van der Waals surface area contributed by atoms with Crippen LogP contribution < -0.4 is 9.88 Å². The van der Waals surface area contributed by atoms with Crippen molar-refractivity contribution in [2.24, 2.45) is 5.14 Å². The zero-order valence-electron chi connectivity index (χ0n) is 14.3. The van der Waals surface area contributed by atoms with E-state index in [4.69, 9.17) is 9.88 Å². The van der Waals surface area contributed by atoms with Crippen LogP contribution in [0.15, 0.2) is 53.4 Å². The first kappa shape index (κ1) is 18.8. The number of sulfonamides is 1. The third-order valence-corrected chi connectivity index (χ3v) is 6.43. The van der Waals surface area contributed by atoms with Gasteiger partial charge >= 0.3 is 0 Å². The lowest BCUT2D eigenvalue weighted by atomic mass is 10.1. The summed E-state index contributed by atoms with van der Waals surface area (Å²) in [6.07, 6.45) is 0.637. The fraction of sp³-hybridized carbons (Fsp3) is 0.278. The number of carbonyl (C=O) groups is 1. The predicted molar refractivity (Wildman–Crippen MR) is 101 cm³/mol. The van der Waals surface area contributed by atoms with Crippen LogP contribution in [0.2, 0.25) is 0 Å². The number of hydrogen-bond acceptors (Lipinski definition) is 5. The van der Waals surface area contributed by atoms with Crippen LogP contribution >= 0.6 is 11.8 Å². The molecule has 26 heavy (non-hydrogen) atoms. The van der Waals surface area contributed by atoms with Crippen molar-refractivity contribution in [3.63, 3.8) is 0 Å². The molecule has 0 saturated carbocycles. The van der Waals surface area contributed by atoms with E-state index in [0.717, 1.165) is 16.9 Å². The molecule has 1 aliphatic rings. The van der Waals surface area contributed by atoms with Gasteiger partial charge in [0.05, 0.1) is 17.8 Å². The molecule has 0 aliphatic carbocycles. The van der Waals surface area contributed by atoms with Crippen LogP contribution in [0.1, 0.15) is 16.5 Å². The zero-order chi connectivity index (χ0) is 18.7. The molecule has 0 aromatic heterocycles. The average molecular weight is 393 g/mol. The van der Waals surface area contributed by atoms with Gasteiger partial charge in [-0.1, -0.05) is 24.3 Å². The molecule has 138 valence electrons. The molecule has 8 heteroatoms. The highest BCUT2D eigenvalue weighted by Gasteiger charge is 2.32. The number of nitrogens with two attached hydrogens (primary N) is 1. The van der Waals surface area contributed by atoms with Crippen LogP contribution in [0, 0.1) is 0 Å². The zero-order valence-corrected chi connectivity index (χ0v) is 15.9. The number of nitrogens with zero attached hydrogens (tertiary/aromatic N) is 1. The van der Waals surface area contributed by atoms with E-state index in [1.54, 1.807) is 31.0 Å². The Hall–Kier alpha value is -2.03. The van der Waals surface area contributed by atoms with Gasteiger partial charge < -0.3 is 9.64 Å². The van der Waals surface area contributed by atoms with E-state index in [1.165, 1.54) is 12.1 Å². The summed E-state index contributed by atoms with van der Waals surface area (Å²) in [6.45, 7) is 0.558. The lowest BCUT2D eigenvalue weighted by molar-refractivity contribution is -0.128. The van der Waals surface area contributed by atoms with Gasteiger partial charge in [0.2, 0.25) is 15.9 Å². The van der Waals surface area contributed by atoms with Crippen molar-refractivity contribution >= 4 is 27.7 Å². The van der Waals surface area contributed by atoms with Gasteiger partial charge in [-0.25, -0.2) is 13.6 Å². The van der Waals surface area contributed by atoms with Crippen molar-refractivity contribution < 1.29 is 17.9 Å². The molecular weight excluding hydrogens is 372 g/mol. The first-order chi connectivity index (χ1) is 12.4. The van der Waals surface area contributed by atoms with E-state index >= 15 is 0 Å². The Kier molecular flexibility index (Phi) is 5.55. The second kappa shape index (κ2) is 7.69. The smallest absolute Gasteiger partial charge is 0.238 e. The van der Waals surface area contributed by atoms with Crippen molar-refractivity contribution in [2.75, 3.05) is 19.4 Å². The standard InChI is InChI=1S/C18H20N2O4S2/c1-24-15-4-2-3-14(11-15)18-20(17(21)12-25-18)10-9-13-5-7-16(8-6-13)26(19,22)23/h2-8,11,18H,9-10,12H2,1H3,(H2,19,22,23). The number of rotatable bonds is 6. The minimum absolute atomic E-state index is 0.0405. The largest absolute Gasteiger partial charge is 0.497 e. The maximum atomic E-state index is 12.3. The van der Waals surface area contributed by atoms with E-state index in [0.29, 0.717) is 18.7 Å². The van der Waals surface area contributed by atoms with Crippen LogP contribution in [-0.4, -0.2) is 38.6 Å². The van der Waals surface area contributed by atoms with E-state index in [1.807, 2.05) is 29.2 Å². The van der Waals surface area contributed by atoms with Gasteiger partial charge in [-0.05, 0) is 41.8 Å². The topological polar surface area (TPSA) is 89.7 Å². The van der Waals surface area contributed by atoms with Gasteiger partial charge in [0.1, 0.15) is 11.1 Å². The number of methoxy groups -OCH3 is 1. The monoisotopic (exact) mass is 392 g/mol. The third-order valence-electron chi connectivity index (χ3n) is 4.24. The van der Waals surface area contributed by atoms with Crippen molar-refractivity contribution in [3.8, 4) is 5.75 Å². The van der Waals surface area contributed by atoms with Crippen LogP contribution in [0.4, 0.5) is 0 Å². The first-order valence-electron chi connectivity index (χ1n) is 8.05. The maximum absolute atomic E-state index is 12.3. The third kappa shape index (κ3) is 4.20. The van der Waals surface area contributed by atoms with Crippen LogP contribution in [0.5, 0.6) is 5.75 Å². The van der Waals surface area contributed by atoms with Crippen molar-refractivity contribution in [2.45, 2.75) is 16.7 Å². The minimum Gasteiger partial charge on any atom is -0.497 e. The summed E-state index contributed by atoms with van der Waals surface area (Å²) >= 11 is 1.60. The molecular formula is C18H20N2O4S2. The molecule has 1 atom stereocenters. The summed E-state index contributed by atoms with van der Waals surface area (Å²) in [4.78, 5) is 14.2. The van der Waals surface area contributed by atoms with E-state index in [9.17, 15) is 13.2 Å². The molecule has 1 fully saturated rings.